The van der Waals surface area contributed by atoms with Crippen LogP contribution in [0.4, 0.5) is 11.4 Å². The molecule has 100 valence electrons. The van der Waals surface area contributed by atoms with Crippen molar-refractivity contribution in [3.63, 3.8) is 0 Å². The van der Waals surface area contributed by atoms with Gasteiger partial charge in [0.1, 0.15) is 0 Å². The van der Waals surface area contributed by atoms with Crippen LogP contribution < -0.4 is 11.1 Å². The second-order valence-corrected chi connectivity index (χ2v) is 5.66. The van der Waals surface area contributed by atoms with Crippen LogP contribution in [0.15, 0.2) is 24.3 Å². The van der Waals surface area contributed by atoms with E-state index in [0.717, 1.165) is 17.9 Å². The predicted octanol–water partition coefficient (Wildman–Crippen LogP) is 2.10. The lowest BCUT2D eigenvalue weighted by Gasteiger charge is -2.09. The van der Waals surface area contributed by atoms with Gasteiger partial charge in [-0.15, -0.1) is 0 Å². The normalized spacial score (nSPS) is 12.1. The van der Waals surface area contributed by atoms with Gasteiger partial charge >= 0.3 is 0 Å². The summed E-state index contributed by atoms with van der Waals surface area (Å²) >= 11 is 1.70. The summed E-state index contributed by atoms with van der Waals surface area (Å²) in [6.07, 6.45) is 1.25. The van der Waals surface area contributed by atoms with Gasteiger partial charge < -0.3 is 16.2 Å². The number of carbonyl (C=O) groups excluding carboxylic acids is 1. The number of aliphatic hydroxyl groups is 1. The van der Waals surface area contributed by atoms with E-state index in [4.69, 9.17) is 10.8 Å². The van der Waals surface area contributed by atoms with Crippen molar-refractivity contribution in [3.05, 3.63) is 24.3 Å². The minimum atomic E-state index is 0.00321. The van der Waals surface area contributed by atoms with Gasteiger partial charge in [0.05, 0.1) is 0 Å². The predicted molar refractivity (Wildman–Crippen MR) is 77.7 cm³/mol. The average molecular weight is 268 g/mol. The van der Waals surface area contributed by atoms with Gasteiger partial charge in [-0.05, 0) is 30.7 Å². The Bertz CT molecular complexity index is 368. The zero-order valence-electron chi connectivity index (χ0n) is 10.6. The van der Waals surface area contributed by atoms with Crippen molar-refractivity contribution in [3.8, 4) is 0 Å². The fraction of sp³-hybridized carbons (Fsp3) is 0.462. The van der Waals surface area contributed by atoms with Crippen molar-refractivity contribution in [2.75, 3.05) is 23.4 Å². The summed E-state index contributed by atoms with van der Waals surface area (Å²) in [6, 6.07) is 7.09. The Morgan fingerprint density at radius 3 is 2.72 bits per heavy atom. The highest BCUT2D eigenvalue weighted by molar-refractivity contribution is 7.99. The number of rotatable bonds is 7. The highest BCUT2D eigenvalue weighted by Crippen LogP contribution is 2.15. The maximum absolute atomic E-state index is 11.6. The smallest absolute Gasteiger partial charge is 0.225 e. The molecule has 4 nitrogen and oxygen atoms in total. The van der Waals surface area contributed by atoms with Gasteiger partial charge in [-0.25, -0.2) is 0 Å². The van der Waals surface area contributed by atoms with Crippen molar-refractivity contribution in [2.45, 2.75) is 25.0 Å². The number of hydrogen-bond acceptors (Lipinski definition) is 4. The summed E-state index contributed by atoms with van der Waals surface area (Å²) in [4.78, 5) is 11.6. The van der Waals surface area contributed by atoms with E-state index in [-0.39, 0.29) is 12.5 Å². The van der Waals surface area contributed by atoms with Crippen LogP contribution in [-0.4, -0.2) is 28.6 Å². The lowest BCUT2D eigenvalue weighted by atomic mass is 10.3. The van der Waals surface area contributed by atoms with Crippen LogP contribution in [0, 0.1) is 0 Å². The van der Waals surface area contributed by atoms with Gasteiger partial charge in [-0.3, -0.25) is 4.79 Å². The molecule has 1 unspecified atom stereocenters. The maximum Gasteiger partial charge on any atom is 0.225 e. The standard InChI is InChI=1S/C13H20N2O2S/c1-10(6-8-16)18-9-7-13(17)15-12-4-2-11(14)3-5-12/h2-5,10,16H,6-9,14H2,1H3,(H,15,17). The monoisotopic (exact) mass is 268 g/mol. The van der Waals surface area contributed by atoms with Gasteiger partial charge in [-0.2, -0.15) is 11.8 Å². The Hall–Kier alpha value is -1.20. The third kappa shape index (κ3) is 5.93. The zero-order chi connectivity index (χ0) is 13.4. The maximum atomic E-state index is 11.6. The summed E-state index contributed by atoms with van der Waals surface area (Å²) in [5.74, 6) is 0.769. The molecule has 0 saturated heterocycles. The molecule has 0 spiro atoms. The summed E-state index contributed by atoms with van der Waals surface area (Å²) in [5.41, 5.74) is 7.01. The van der Waals surface area contributed by atoms with Gasteiger partial charge in [0.2, 0.25) is 5.91 Å². The molecule has 0 saturated carbocycles. The Labute approximate surface area is 112 Å². The van der Waals surface area contributed by atoms with E-state index in [1.54, 1.807) is 36.0 Å². The highest BCUT2D eigenvalue weighted by atomic mass is 32.2. The molecule has 18 heavy (non-hydrogen) atoms. The van der Waals surface area contributed by atoms with E-state index in [9.17, 15) is 4.79 Å². The molecular weight excluding hydrogens is 248 g/mol. The fourth-order valence-corrected chi connectivity index (χ4v) is 2.39. The Kier molecular flexibility index (Phi) is 6.60. The lowest BCUT2D eigenvalue weighted by Crippen LogP contribution is -2.13. The number of nitrogen functional groups attached to an aromatic ring is 1. The number of thioether (sulfide) groups is 1. The molecule has 0 aliphatic rings. The first-order valence-electron chi connectivity index (χ1n) is 5.99. The minimum Gasteiger partial charge on any atom is -0.399 e. The summed E-state index contributed by atoms with van der Waals surface area (Å²) in [6.45, 7) is 2.25. The molecular formula is C13H20N2O2S. The van der Waals surface area contributed by atoms with Crippen molar-refractivity contribution >= 4 is 29.0 Å². The topological polar surface area (TPSA) is 75.3 Å². The average Bonchev–Trinajstić information content (AvgIpc) is 2.32. The van der Waals surface area contributed by atoms with Crippen LogP contribution in [0.5, 0.6) is 0 Å². The number of anilines is 2. The number of nitrogens with two attached hydrogens (primary N) is 1. The molecule has 0 bridgehead atoms. The fourth-order valence-electron chi connectivity index (χ4n) is 1.41. The van der Waals surface area contributed by atoms with Crippen molar-refractivity contribution in [2.24, 2.45) is 0 Å². The van der Waals surface area contributed by atoms with E-state index in [1.165, 1.54) is 0 Å². The van der Waals surface area contributed by atoms with E-state index in [2.05, 4.69) is 12.2 Å². The number of benzene rings is 1. The zero-order valence-corrected chi connectivity index (χ0v) is 11.4. The van der Waals surface area contributed by atoms with Gasteiger partial charge in [-0.1, -0.05) is 6.92 Å². The first-order valence-corrected chi connectivity index (χ1v) is 7.04. The highest BCUT2D eigenvalue weighted by Gasteiger charge is 2.05. The van der Waals surface area contributed by atoms with Crippen molar-refractivity contribution in [1.29, 1.82) is 0 Å². The van der Waals surface area contributed by atoms with E-state index in [0.29, 0.717) is 17.4 Å². The number of hydrogen-bond donors (Lipinski definition) is 3. The molecule has 1 atom stereocenters. The van der Waals surface area contributed by atoms with Crippen molar-refractivity contribution in [1.82, 2.24) is 0 Å². The molecule has 1 rings (SSSR count). The minimum absolute atomic E-state index is 0.00321. The molecule has 0 radical (unpaired) electrons. The first-order chi connectivity index (χ1) is 8.61. The van der Waals surface area contributed by atoms with Crippen LogP contribution in [-0.2, 0) is 4.79 Å². The van der Waals surface area contributed by atoms with E-state index >= 15 is 0 Å². The van der Waals surface area contributed by atoms with Crippen molar-refractivity contribution < 1.29 is 9.90 Å². The first kappa shape index (κ1) is 14.9. The summed E-state index contributed by atoms with van der Waals surface area (Å²) in [5, 5.41) is 12.0. The second-order valence-electron chi connectivity index (χ2n) is 4.11. The number of nitrogens with one attached hydrogen (secondary N) is 1. The molecule has 1 aromatic rings. The van der Waals surface area contributed by atoms with E-state index in [1.807, 2.05) is 0 Å². The van der Waals surface area contributed by atoms with Crippen LogP contribution in [0.2, 0.25) is 0 Å². The summed E-state index contributed by atoms with van der Waals surface area (Å²) < 4.78 is 0. The summed E-state index contributed by atoms with van der Waals surface area (Å²) in [7, 11) is 0. The molecule has 0 heterocycles. The van der Waals surface area contributed by atoms with E-state index < -0.39 is 0 Å². The Morgan fingerprint density at radius 2 is 2.11 bits per heavy atom. The molecule has 0 fully saturated rings. The Balaban J connectivity index is 2.23. The van der Waals surface area contributed by atoms with Crippen LogP contribution in [0.1, 0.15) is 19.8 Å². The quantitative estimate of drug-likeness (QED) is 0.662. The van der Waals surface area contributed by atoms with Crippen LogP contribution in [0.25, 0.3) is 0 Å². The molecule has 1 amide bonds. The third-order valence-corrected chi connectivity index (χ3v) is 3.71. The van der Waals surface area contributed by atoms with Crippen LogP contribution >= 0.6 is 11.8 Å². The molecule has 5 heteroatoms. The van der Waals surface area contributed by atoms with Crippen LogP contribution in [0.3, 0.4) is 0 Å². The SMILES string of the molecule is CC(CCO)SCCC(=O)Nc1ccc(N)cc1. The number of carbonyl (C=O) groups is 1. The van der Waals surface area contributed by atoms with Gasteiger partial charge in [0, 0.05) is 35.4 Å². The molecule has 0 aromatic heterocycles. The second kappa shape index (κ2) is 8.00. The molecule has 0 aliphatic carbocycles. The molecule has 4 N–H and O–H groups in total. The largest absolute Gasteiger partial charge is 0.399 e. The van der Waals surface area contributed by atoms with Gasteiger partial charge in [0.15, 0.2) is 0 Å². The third-order valence-electron chi connectivity index (χ3n) is 2.46. The lowest BCUT2D eigenvalue weighted by molar-refractivity contribution is -0.115. The number of aliphatic hydroxyl groups excluding tert-OH is 1. The van der Waals surface area contributed by atoms with Gasteiger partial charge in [0.25, 0.3) is 0 Å². The molecule has 1 aromatic carbocycles. The number of amides is 1. The Morgan fingerprint density at radius 1 is 1.44 bits per heavy atom. The molecule has 0 aliphatic heterocycles.